The molecule has 2 rings (SSSR count). The summed E-state index contributed by atoms with van der Waals surface area (Å²) >= 11 is 4.88. The summed E-state index contributed by atoms with van der Waals surface area (Å²) in [5.41, 5.74) is 7.55. The third kappa shape index (κ3) is 2.88. The highest BCUT2D eigenvalue weighted by atomic mass is 32.1. The fraction of sp³-hybridized carbons (Fsp3) is 0.0714. The molecule has 0 aromatic heterocycles. The van der Waals surface area contributed by atoms with Crippen molar-refractivity contribution in [2.24, 2.45) is 5.73 Å². The van der Waals surface area contributed by atoms with Gasteiger partial charge in [0.1, 0.15) is 16.6 Å². The average molecular weight is 278 g/mol. The summed E-state index contributed by atoms with van der Waals surface area (Å²) in [6, 6.07) is 8.76. The molecule has 0 saturated carbocycles. The number of hydrogen-bond acceptors (Lipinski definition) is 2. The van der Waals surface area contributed by atoms with Gasteiger partial charge in [-0.15, -0.1) is 0 Å². The molecular weight excluding hydrogens is 266 g/mol. The van der Waals surface area contributed by atoms with Gasteiger partial charge in [0, 0.05) is 22.5 Å². The maximum absolute atomic E-state index is 13.5. The molecule has 5 heteroatoms. The van der Waals surface area contributed by atoms with E-state index in [4.69, 9.17) is 18.0 Å². The van der Waals surface area contributed by atoms with E-state index in [1.807, 2.05) is 0 Å². The molecule has 0 heterocycles. The second kappa shape index (κ2) is 5.32. The zero-order valence-corrected chi connectivity index (χ0v) is 11.0. The highest BCUT2D eigenvalue weighted by molar-refractivity contribution is 7.80. The molecule has 0 aliphatic heterocycles. The summed E-state index contributed by atoms with van der Waals surface area (Å²) in [6.45, 7) is 1.65. The Hall–Kier alpha value is -2.01. The van der Waals surface area contributed by atoms with Gasteiger partial charge in [-0.3, -0.25) is 0 Å². The van der Waals surface area contributed by atoms with Crippen LogP contribution in [-0.2, 0) is 0 Å². The molecule has 2 aromatic carbocycles. The molecule has 98 valence electrons. The lowest BCUT2D eigenvalue weighted by molar-refractivity contribution is 0.619. The SMILES string of the molecule is Cc1c(F)cccc1Nc1ccc(F)cc1C(N)=S. The number of halogens is 2. The Balaban J connectivity index is 2.44. The van der Waals surface area contributed by atoms with Crippen LogP contribution in [0.25, 0.3) is 0 Å². The van der Waals surface area contributed by atoms with Gasteiger partial charge < -0.3 is 11.1 Å². The van der Waals surface area contributed by atoms with Crippen molar-refractivity contribution in [3.8, 4) is 0 Å². The minimum atomic E-state index is -0.427. The first-order chi connectivity index (χ1) is 8.99. The Morgan fingerprint density at radius 1 is 1.16 bits per heavy atom. The van der Waals surface area contributed by atoms with E-state index >= 15 is 0 Å². The fourth-order valence-electron chi connectivity index (χ4n) is 1.72. The first-order valence-electron chi connectivity index (χ1n) is 5.60. The predicted octanol–water partition coefficient (Wildman–Crippen LogP) is 3.65. The number of nitrogens with one attached hydrogen (secondary N) is 1. The van der Waals surface area contributed by atoms with Crippen LogP contribution in [0.15, 0.2) is 36.4 Å². The number of nitrogens with two attached hydrogens (primary N) is 1. The van der Waals surface area contributed by atoms with Crippen LogP contribution in [0.1, 0.15) is 11.1 Å². The van der Waals surface area contributed by atoms with E-state index in [1.54, 1.807) is 19.1 Å². The molecule has 0 fully saturated rings. The second-order valence-electron chi connectivity index (χ2n) is 4.09. The number of thiocarbonyl (C=S) groups is 1. The number of anilines is 2. The van der Waals surface area contributed by atoms with Crippen molar-refractivity contribution >= 4 is 28.6 Å². The average Bonchev–Trinajstić information content (AvgIpc) is 2.36. The van der Waals surface area contributed by atoms with Gasteiger partial charge in [0.05, 0.1) is 0 Å². The van der Waals surface area contributed by atoms with Gasteiger partial charge in [-0.05, 0) is 37.3 Å². The van der Waals surface area contributed by atoms with Crippen LogP contribution in [0.5, 0.6) is 0 Å². The first kappa shape index (κ1) is 13.4. The standard InChI is InChI=1S/C14H12F2N2S/c1-8-11(16)3-2-4-12(8)18-13-6-5-9(15)7-10(13)14(17)19/h2-7,18H,1H3,(H2,17,19). The van der Waals surface area contributed by atoms with Crippen LogP contribution in [0.2, 0.25) is 0 Å². The lowest BCUT2D eigenvalue weighted by Crippen LogP contribution is -2.12. The Kier molecular flexibility index (Phi) is 3.76. The number of benzene rings is 2. The topological polar surface area (TPSA) is 38.0 Å². The van der Waals surface area contributed by atoms with Crippen molar-refractivity contribution in [2.75, 3.05) is 5.32 Å². The second-order valence-corrected chi connectivity index (χ2v) is 4.53. The molecule has 0 atom stereocenters. The van der Waals surface area contributed by atoms with Crippen LogP contribution in [0.4, 0.5) is 20.2 Å². The van der Waals surface area contributed by atoms with Crippen molar-refractivity contribution in [1.82, 2.24) is 0 Å². The highest BCUT2D eigenvalue weighted by Gasteiger charge is 2.09. The van der Waals surface area contributed by atoms with E-state index in [1.165, 1.54) is 24.3 Å². The van der Waals surface area contributed by atoms with Gasteiger partial charge >= 0.3 is 0 Å². The van der Waals surface area contributed by atoms with Crippen molar-refractivity contribution in [1.29, 1.82) is 0 Å². The van der Waals surface area contributed by atoms with Gasteiger partial charge in [0.2, 0.25) is 0 Å². The molecule has 0 radical (unpaired) electrons. The van der Waals surface area contributed by atoms with E-state index in [0.717, 1.165) is 0 Å². The third-order valence-electron chi connectivity index (χ3n) is 2.78. The summed E-state index contributed by atoms with van der Waals surface area (Å²) in [4.78, 5) is 0.0797. The highest BCUT2D eigenvalue weighted by Crippen LogP contribution is 2.25. The summed E-state index contributed by atoms with van der Waals surface area (Å²) in [5.74, 6) is -0.742. The molecule has 0 aliphatic rings. The predicted molar refractivity (Wildman–Crippen MR) is 76.7 cm³/mol. The van der Waals surface area contributed by atoms with Gasteiger partial charge in [-0.1, -0.05) is 18.3 Å². The van der Waals surface area contributed by atoms with Crippen molar-refractivity contribution in [2.45, 2.75) is 6.92 Å². The van der Waals surface area contributed by atoms with Crippen LogP contribution < -0.4 is 11.1 Å². The molecule has 0 unspecified atom stereocenters. The maximum Gasteiger partial charge on any atom is 0.128 e. The van der Waals surface area contributed by atoms with E-state index in [9.17, 15) is 8.78 Å². The van der Waals surface area contributed by atoms with Crippen molar-refractivity contribution in [3.63, 3.8) is 0 Å². The van der Waals surface area contributed by atoms with Crippen LogP contribution in [0, 0.1) is 18.6 Å². The lowest BCUT2D eigenvalue weighted by Gasteiger charge is -2.13. The molecule has 0 bridgehead atoms. The van der Waals surface area contributed by atoms with Crippen LogP contribution in [0.3, 0.4) is 0 Å². The molecule has 0 spiro atoms. The molecule has 0 amide bonds. The molecular formula is C14H12F2N2S. The normalized spacial score (nSPS) is 10.3. The zero-order chi connectivity index (χ0) is 14.0. The van der Waals surface area contributed by atoms with Gasteiger partial charge in [-0.2, -0.15) is 0 Å². The van der Waals surface area contributed by atoms with Crippen molar-refractivity contribution in [3.05, 3.63) is 59.2 Å². The Morgan fingerprint density at radius 2 is 1.89 bits per heavy atom. The summed E-state index contributed by atoms with van der Waals surface area (Å²) in [6.07, 6.45) is 0. The quantitative estimate of drug-likeness (QED) is 0.842. The van der Waals surface area contributed by atoms with E-state index < -0.39 is 5.82 Å². The van der Waals surface area contributed by atoms with Crippen molar-refractivity contribution < 1.29 is 8.78 Å². The molecule has 2 nitrogen and oxygen atoms in total. The first-order valence-corrected chi connectivity index (χ1v) is 6.01. The summed E-state index contributed by atoms with van der Waals surface area (Å²) < 4.78 is 26.6. The smallest absolute Gasteiger partial charge is 0.128 e. The maximum atomic E-state index is 13.5. The lowest BCUT2D eigenvalue weighted by atomic mass is 10.1. The van der Waals surface area contributed by atoms with Crippen LogP contribution in [-0.4, -0.2) is 4.99 Å². The third-order valence-corrected chi connectivity index (χ3v) is 3.00. The largest absolute Gasteiger partial charge is 0.389 e. The van der Waals surface area contributed by atoms with Gasteiger partial charge in [-0.25, -0.2) is 8.78 Å². The van der Waals surface area contributed by atoms with E-state index in [0.29, 0.717) is 22.5 Å². The Morgan fingerprint density at radius 3 is 2.58 bits per heavy atom. The Bertz CT molecular complexity index is 641. The summed E-state index contributed by atoms with van der Waals surface area (Å²) in [5, 5.41) is 3.02. The minimum absolute atomic E-state index is 0.0797. The zero-order valence-electron chi connectivity index (χ0n) is 10.2. The molecule has 0 aliphatic carbocycles. The number of rotatable bonds is 3. The summed E-state index contributed by atoms with van der Waals surface area (Å²) in [7, 11) is 0. The fourth-order valence-corrected chi connectivity index (χ4v) is 1.89. The van der Waals surface area contributed by atoms with E-state index in [2.05, 4.69) is 5.32 Å². The monoisotopic (exact) mass is 278 g/mol. The molecule has 0 saturated heterocycles. The Labute approximate surface area is 115 Å². The van der Waals surface area contributed by atoms with E-state index in [-0.39, 0.29) is 10.8 Å². The number of hydrogen-bond donors (Lipinski definition) is 2. The molecule has 19 heavy (non-hydrogen) atoms. The molecule has 2 aromatic rings. The molecule has 3 N–H and O–H groups in total. The van der Waals surface area contributed by atoms with Crippen LogP contribution >= 0.6 is 12.2 Å². The van der Waals surface area contributed by atoms with Gasteiger partial charge in [0.15, 0.2) is 0 Å². The minimum Gasteiger partial charge on any atom is -0.389 e. The van der Waals surface area contributed by atoms with Gasteiger partial charge in [0.25, 0.3) is 0 Å².